The molecule has 5 heteroatoms. The Morgan fingerprint density at radius 2 is 1.02 bits per heavy atom. The number of benzene rings is 5. The summed E-state index contributed by atoms with van der Waals surface area (Å²) in [4.78, 5) is 19.2. The van der Waals surface area contributed by atoms with Gasteiger partial charge in [0.25, 0.3) is 0 Å². The fourth-order valence-electron chi connectivity index (χ4n) is 5.57. The minimum atomic E-state index is 0.662. The maximum absolute atomic E-state index is 5.03. The number of thiophene rings is 1. The molecule has 4 nitrogen and oxygen atoms in total. The zero-order chi connectivity index (χ0) is 28.6. The summed E-state index contributed by atoms with van der Waals surface area (Å²) >= 11 is 1.81. The Labute approximate surface area is 253 Å². The molecule has 8 aromatic rings. The first-order valence-corrected chi connectivity index (χ1v) is 15.0. The molecule has 0 atom stereocenters. The van der Waals surface area contributed by atoms with E-state index in [1.807, 2.05) is 84.3 Å². The third-order valence-electron chi connectivity index (χ3n) is 7.65. The van der Waals surface area contributed by atoms with Crippen molar-refractivity contribution in [3.05, 3.63) is 146 Å². The highest BCUT2D eigenvalue weighted by molar-refractivity contribution is 7.26. The van der Waals surface area contributed by atoms with Crippen LogP contribution in [-0.4, -0.2) is 19.9 Å². The number of hydrogen-bond acceptors (Lipinski definition) is 5. The Morgan fingerprint density at radius 1 is 0.419 bits per heavy atom. The molecule has 0 bridgehead atoms. The van der Waals surface area contributed by atoms with E-state index < -0.39 is 0 Å². The summed E-state index contributed by atoms with van der Waals surface area (Å²) in [6, 6.07) is 46.0. The molecule has 5 aromatic carbocycles. The molecule has 0 fully saturated rings. The Morgan fingerprint density at radius 3 is 1.70 bits per heavy atom. The van der Waals surface area contributed by atoms with Crippen LogP contribution < -0.4 is 0 Å². The standard InChI is InChI=1S/C38H24N4S/c1-3-10-27(11-4-1)36-40-37(28-12-5-2-6-13-28)42-38(41-36)32-17-8-18-33-34(32)31-16-7-15-30(35(31)43-33)26-21-19-25(20-22-26)29-14-9-23-39-24-29/h1-24H. The molecule has 43 heavy (non-hydrogen) atoms. The maximum Gasteiger partial charge on any atom is 0.164 e. The van der Waals surface area contributed by atoms with E-state index in [1.54, 1.807) is 6.20 Å². The highest BCUT2D eigenvalue weighted by atomic mass is 32.1. The van der Waals surface area contributed by atoms with Crippen molar-refractivity contribution >= 4 is 31.5 Å². The smallest absolute Gasteiger partial charge is 0.164 e. The lowest BCUT2D eigenvalue weighted by atomic mass is 9.98. The van der Waals surface area contributed by atoms with Crippen LogP contribution in [0.2, 0.25) is 0 Å². The maximum atomic E-state index is 5.03. The summed E-state index contributed by atoms with van der Waals surface area (Å²) in [6.45, 7) is 0. The topological polar surface area (TPSA) is 51.6 Å². The van der Waals surface area contributed by atoms with Crippen LogP contribution in [-0.2, 0) is 0 Å². The summed E-state index contributed by atoms with van der Waals surface area (Å²) in [6.07, 6.45) is 3.70. The molecule has 8 rings (SSSR count). The van der Waals surface area contributed by atoms with Crippen LogP contribution in [0.25, 0.3) is 76.6 Å². The monoisotopic (exact) mass is 568 g/mol. The average Bonchev–Trinajstić information content (AvgIpc) is 3.49. The van der Waals surface area contributed by atoms with E-state index in [-0.39, 0.29) is 0 Å². The van der Waals surface area contributed by atoms with Crippen LogP contribution in [0, 0.1) is 0 Å². The lowest BCUT2D eigenvalue weighted by Gasteiger charge is -2.10. The first-order chi connectivity index (χ1) is 21.3. The summed E-state index contributed by atoms with van der Waals surface area (Å²) < 4.78 is 2.45. The predicted molar refractivity (Wildman–Crippen MR) is 178 cm³/mol. The Balaban J connectivity index is 1.30. The number of rotatable bonds is 5. The van der Waals surface area contributed by atoms with Crippen LogP contribution in [0.15, 0.2) is 146 Å². The summed E-state index contributed by atoms with van der Waals surface area (Å²) in [5, 5.41) is 2.37. The van der Waals surface area contributed by atoms with Crippen molar-refractivity contribution in [2.45, 2.75) is 0 Å². The number of pyridine rings is 1. The first kappa shape index (κ1) is 25.2. The Bertz CT molecular complexity index is 2150. The number of fused-ring (bicyclic) bond motifs is 3. The molecule has 0 spiro atoms. The van der Waals surface area contributed by atoms with E-state index in [9.17, 15) is 0 Å². The van der Waals surface area contributed by atoms with E-state index in [2.05, 4.69) is 71.7 Å². The Hall–Kier alpha value is -5.52. The molecule has 0 N–H and O–H groups in total. The minimum Gasteiger partial charge on any atom is -0.264 e. The van der Waals surface area contributed by atoms with Gasteiger partial charge in [-0.2, -0.15) is 0 Å². The number of aromatic nitrogens is 4. The van der Waals surface area contributed by atoms with Crippen molar-refractivity contribution in [3.63, 3.8) is 0 Å². The van der Waals surface area contributed by atoms with Crippen LogP contribution in [0.4, 0.5) is 0 Å². The lowest BCUT2D eigenvalue weighted by Crippen LogP contribution is -2.00. The lowest BCUT2D eigenvalue weighted by molar-refractivity contribution is 1.08. The fourth-order valence-corrected chi connectivity index (χ4v) is 6.83. The summed E-state index contributed by atoms with van der Waals surface area (Å²) in [7, 11) is 0. The molecule has 0 amide bonds. The first-order valence-electron chi connectivity index (χ1n) is 14.1. The SMILES string of the molecule is c1ccc(-c2nc(-c3ccccc3)nc(-c3cccc4sc5c(-c6ccc(-c7cccnc7)cc6)cccc5c34)n2)cc1. The highest BCUT2D eigenvalue weighted by Crippen LogP contribution is 2.43. The second-order valence-corrected chi connectivity index (χ2v) is 11.4. The van der Waals surface area contributed by atoms with Gasteiger partial charge in [0.1, 0.15) is 0 Å². The summed E-state index contributed by atoms with van der Waals surface area (Å²) in [5.74, 6) is 2.00. The van der Waals surface area contributed by atoms with E-state index in [0.717, 1.165) is 27.8 Å². The van der Waals surface area contributed by atoms with Crippen molar-refractivity contribution in [2.24, 2.45) is 0 Å². The van der Waals surface area contributed by atoms with E-state index in [0.29, 0.717) is 17.5 Å². The van der Waals surface area contributed by atoms with Gasteiger partial charge in [-0.05, 0) is 34.4 Å². The van der Waals surface area contributed by atoms with Gasteiger partial charge in [-0.25, -0.2) is 15.0 Å². The summed E-state index contributed by atoms with van der Waals surface area (Å²) in [5.41, 5.74) is 7.59. The van der Waals surface area contributed by atoms with Crippen molar-refractivity contribution in [2.75, 3.05) is 0 Å². The molecular formula is C38H24N4S. The zero-order valence-corrected chi connectivity index (χ0v) is 23.9. The van der Waals surface area contributed by atoms with Gasteiger partial charge < -0.3 is 0 Å². The third kappa shape index (κ3) is 4.66. The van der Waals surface area contributed by atoms with Gasteiger partial charge in [0.2, 0.25) is 0 Å². The Kier molecular flexibility index (Phi) is 6.28. The molecule has 0 aliphatic rings. The molecule has 0 aliphatic heterocycles. The van der Waals surface area contributed by atoms with Crippen molar-refractivity contribution in [1.82, 2.24) is 19.9 Å². The molecule has 0 unspecified atom stereocenters. The van der Waals surface area contributed by atoms with E-state index >= 15 is 0 Å². The van der Waals surface area contributed by atoms with Crippen LogP contribution >= 0.6 is 11.3 Å². The zero-order valence-electron chi connectivity index (χ0n) is 23.1. The van der Waals surface area contributed by atoms with Crippen LogP contribution in [0.1, 0.15) is 0 Å². The third-order valence-corrected chi connectivity index (χ3v) is 8.86. The number of hydrogen-bond donors (Lipinski definition) is 0. The van der Waals surface area contributed by atoms with Gasteiger partial charge in [0.15, 0.2) is 17.5 Å². The normalized spacial score (nSPS) is 11.3. The van der Waals surface area contributed by atoms with Crippen LogP contribution in [0.5, 0.6) is 0 Å². The molecule has 3 heterocycles. The van der Waals surface area contributed by atoms with Crippen molar-refractivity contribution in [3.8, 4) is 56.4 Å². The molecule has 0 saturated carbocycles. The molecule has 0 aliphatic carbocycles. The van der Waals surface area contributed by atoms with Crippen molar-refractivity contribution in [1.29, 1.82) is 0 Å². The largest absolute Gasteiger partial charge is 0.264 e. The van der Waals surface area contributed by atoms with E-state index in [4.69, 9.17) is 15.0 Å². The van der Waals surface area contributed by atoms with Crippen molar-refractivity contribution < 1.29 is 0 Å². The quantitative estimate of drug-likeness (QED) is 0.207. The van der Waals surface area contributed by atoms with Gasteiger partial charge in [0.05, 0.1) is 0 Å². The minimum absolute atomic E-state index is 0.662. The van der Waals surface area contributed by atoms with Crippen LogP contribution in [0.3, 0.4) is 0 Å². The molecule has 202 valence electrons. The predicted octanol–water partition coefficient (Wildman–Crippen LogP) is 9.97. The van der Waals surface area contributed by atoms with E-state index in [1.165, 1.54) is 31.3 Å². The molecular weight excluding hydrogens is 545 g/mol. The van der Waals surface area contributed by atoms with Gasteiger partial charge in [0, 0.05) is 49.3 Å². The highest BCUT2D eigenvalue weighted by Gasteiger charge is 2.18. The average molecular weight is 569 g/mol. The molecule has 3 aromatic heterocycles. The second kappa shape index (κ2) is 10.7. The van der Waals surface area contributed by atoms with Gasteiger partial charge in [-0.3, -0.25) is 4.98 Å². The number of nitrogens with zero attached hydrogens (tertiary/aromatic N) is 4. The molecule has 0 saturated heterocycles. The van der Waals surface area contributed by atoms with Gasteiger partial charge in [-0.15, -0.1) is 11.3 Å². The molecule has 0 radical (unpaired) electrons. The van der Waals surface area contributed by atoms with Gasteiger partial charge >= 0.3 is 0 Å². The second-order valence-electron chi connectivity index (χ2n) is 10.3. The fraction of sp³-hybridized carbons (Fsp3) is 0. The van der Waals surface area contributed by atoms with Gasteiger partial charge in [-0.1, -0.05) is 121 Å².